The molecule has 1 saturated heterocycles. The molecule has 0 spiro atoms. The maximum Gasteiger partial charge on any atom is 0.274 e. The number of halogens is 7. The van der Waals surface area contributed by atoms with E-state index in [1.54, 1.807) is 212 Å². The summed E-state index contributed by atoms with van der Waals surface area (Å²) in [6.45, 7) is -2.29. The number of hydrogen-bond donors (Lipinski definition) is 2. The van der Waals surface area contributed by atoms with Crippen LogP contribution in [0.1, 0.15) is 89.9 Å². The van der Waals surface area contributed by atoms with Crippen LogP contribution in [-0.4, -0.2) is 98.2 Å². The third kappa shape index (κ3) is 21.8. The van der Waals surface area contributed by atoms with Crippen LogP contribution in [0.4, 0.5) is 36.6 Å². The second kappa shape index (κ2) is 43.6. The Morgan fingerprint density at radius 1 is 0.320 bits per heavy atom. The Balaban J connectivity index is 0.000000122. The molecule has 2 N–H and O–H groups in total. The minimum Gasteiger partial charge on any atom is -0.390 e. The van der Waals surface area contributed by atoms with Crippen LogP contribution in [0.3, 0.4) is 0 Å². The lowest BCUT2D eigenvalue weighted by Crippen LogP contribution is -2.40. The van der Waals surface area contributed by atoms with Crippen molar-refractivity contribution in [1.82, 2.24) is 73.8 Å². The second-order valence-corrected chi connectivity index (χ2v) is 33.4. The van der Waals surface area contributed by atoms with Gasteiger partial charge in [0, 0.05) is 38.5 Å². The van der Waals surface area contributed by atoms with Gasteiger partial charge in [0.15, 0.2) is 0 Å². The Bertz CT molecular complexity index is 9260. The molecule has 20 aromatic rings. The quantitative estimate of drug-likeness (QED) is 0.0561. The Hall–Kier alpha value is -19.7. The highest BCUT2D eigenvalue weighted by Gasteiger charge is 2.29. The molecule has 0 bridgehead atoms. The molecular weight excluding hydrogens is 1880 g/mol. The van der Waals surface area contributed by atoms with Crippen molar-refractivity contribution in [3.63, 3.8) is 0 Å². The molecule has 147 heavy (non-hydrogen) atoms. The number of fused-ring (bicyclic) bond motifs is 5. The van der Waals surface area contributed by atoms with Crippen molar-refractivity contribution in [2.45, 2.75) is 64.1 Å². The molecule has 1 saturated carbocycles. The first-order valence-corrected chi connectivity index (χ1v) is 45.2. The molecule has 10 aromatic carbocycles. The van der Waals surface area contributed by atoms with Gasteiger partial charge in [-0.2, -0.15) is 92.5 Å². The lowest BCUT2D eigenvalue weighted by molar-refractivity contribution is 0.0209. The topological polar surface area (TPSA) is 399 Å². The molecule has 22 rings (SSSR count). The number of anilines is 1. The Morgan fingerprint density at radius 3 is 0.918 bits per heavy atom. The third-order valence-electron chi connectivity index (χ3n) is 23.7. The maximum atomic E-state index is 15.0. The van der Waals surface area contributed by atoms with Crippen LogP contribution < -0.4 is 33.1 Å². The van der Waals surface area contributed by atoms with E-state index in [0.29, 0.717) is 118 Å². The van der Waals surface area contributed by atoms with Crippen LogP contribution in [0.25, 0.3) is 110 Å². The highest BCUT2D eigenvalue weighted by atomic mass is 19.2. The molecule has 1 unspecified atom stereocenters. The van der Waals surface area contributed by atoms with Crippen LogP contribution in [0.15, 0.2) is 327 Å². The van der Waals surface area contributed by atoms with Crippen LogP contribution in [-0.2, 0) is 44.0 Å². The average Bonchev–Trinajstić information content (AvgIpc) is 0.871. The third-order valence-corrected chi connectivity index (χ3v) is 23.7. The molecule has 718 valence electrons. The fourth-order valence-corrected chi connectivity index (χ4v) is 16.0. The summed E-state index contributed by atoms with van der Waals surface area (Å²) in [5, 5.41) is 82.8. The number of hydrogen-bond acceptors (Lipinski definition) is 23. The van der Waals surface area contributed by atoms with Gasteiger partial charge in [-0.1, -0.05) is 152 Å². The number of aromatic nitrogens is 15. The minimum absolute atomic E-state index is 0.0484. The highest BCUT2D eigenvalue weighted by molar-refractivity contribution is 5.98. The van der Waals surface area contributed by atoms with E-state index in [-0.39, 0.29) is 116 Å². The van der Waals surface area contributed by atoms with Crippen molar-refractivity contribution in [3.05, 3.63) is 464 Å². The fourth-order valence-electron chi connectivity index (χ4n) is 16.0. The number of benzene rings is 10. The predicted molar refractivity (Wildman–Crippen MR) is 533 cm³/mol. The van der Waals surface area contributed by atoms with Crippen molar-refractivity contribution in [1.29, 1.82) is 26.3 Å². The molecule has 28 nitrogen and oxygen atoms in total. The summed E-state index contributed by atoms with van der Waals surface area (Å²) in [5.74, 6) is -5.40. The zero-order valence-electron chi connectivity index (χ0n) is 79.7. The molecule has 11 heterocycles. The summed E-state index contributed by atoms with van der Waals surface area (Å²) in [5.41, 5.74) is 5.63. The van der Waals surface area contributed by atoms with Crippen molar-refractivity contribution >= 4 is 59.7 Å². The lowest BCUT2D eigenvalue weighted by Gasteiger charge is -2.27. The number of aliphatic hydroxyl groups is 1. The second-order valence-electron chi connectivity index (χ2n) is 33.4. The standard InChI is InChI=1S/C24H18FN5O2.C24H17FN4O.C22H15FN4O2.2C21H12F2N4O/c25-23-20(9-10-21(28-23)27-17-13-32-14-17)22-18-3-1-2-4-19(18)24(31)30(29-22)12-16-7-5-15(11-26)6-8-16;25-23-20(11-12-21(27-23)17-9-10-17)22-18-3-1-2-4-19(18)24(30)29(28-22)14-16-7-5-15(13-26)6-8-16;23-21-19(10-9-16(13-28)25-21)20-17-3-1-2-4-18(17)22(29)27(26-20)12-15-7-5-14(11-24)6-8-15;2*22-18-10-9-17(20(23)25-18)19-15-3-1-2-4-16(15)21(28)27(26-19)12-14-7-5-13(11-24)6-8-14/h1-10,17H,12-14H2,(H,27,28);1-8,11-12,17H,9-10,14H2;1-10,28H,12-13H2;2*1-10H,12H2/i;;;12D2;12D. The number of nitriles is 5. The summed E-state index contributed by atoms with van der Waals surface area (Å²) in [7, 11) is 0. The molecule has 0 amide bonds. The summed E-state index contributed by atoms with van der Waals surface area (Å²) >= 11 is 0. The van der Waals surface area contributed by atoms with Crippen molar-refractivity contribution < 1.29 is 44.7 Å². The van der Waals surface area contributed by atoms with Gasteiger partial charge in [0.1, 0.15) is 34.3 Å². The maximum absolute atomic E-state index is 15.0. The van der Waals surface area contributed by atoms with Crippen LogP contribution in [0.5, 0.6) is 0 Å². The van der Waals surface area contributed by atoms with Gasteiger partial charge in [-0.05, 0) is 192 Å². The van der Waals surface area contributed by atoms with E-state index in [2.05, 4.69) is 67.9 Å². The average molecular weight is 1960 g/mol. The molecule has 2 aliphatic rings. The number of rotatable bonds is 19. The first-order valence-electron chi connectivity index (χ1n) is 46.8. The normalized spacial score (nSPS) is 12.5. The number of nitrogens with zero attached hydrogens (tertiary/aromatic N) is 20. The van der Waals surface area contributed by atoms with Crippen molar-refractivity contribution in [3.8, 4) is 86.6 Å². The van der Waals surface area contributed by atoms with Gasteiger partial charge in [0.05, 0.1) is 181 Å². The minimum atomic E-state index is -2.41. The van der Waals surface area contributed by atoms with Gasteiger partial charge in [-0.25, -0.2) is 38.4 Å². The van der Waals surface area contributed by atoms with Crippen molar-refractivity contribution in [2.24, 2.45) is 0 Å². The monoisotopic (exact) mass is 1960 g/mol. The zero-order valence-corrected chi connectivity index (χ0v) is 76.7. The lowest BCUT2D eigenvalue weighted by atomic mass is 10.1. The summed E-state index contributed by atoms with van der Waals surface area (Å²) in [4.78, 5) is 83.3. The molecule has 2 fully saturated rings. The van der Waals surface area contributed by atoms with E-state index < -0.39 is 65.8 Å². The molecule has 35 heteroatoms. The van der Waals surface area contributed by atoms with E-state index in [4.69, 9.17) is 40.3 Å². The Kier molecular flexibility index (Phi) is 27.8. The van der Waals surface area contributed by atoms with Gasteiger partial charge < -0.3 is 15.2 Å². The first kappa shape index (κ1) is 93.6. The summed E-state index contributed by atoms with van der Waals surface area (Å²) < 4.78 is 136. The molecule has 1 atom stereocenters. The van der Waals surface area contributed by atoms with E-state index in [1.165, 1.54) is 74.7 Å². The zero-order chi connectivity index (χ0) is 105. The molecule has 1 aliphatic heterocycles. The van der Waals surface area contributed by atoms with E-state index in [9.17, 15) is 50.3 Å². The number of ether oxygens (including phenoxy) is 1. The van der Waals surface area contributed by atoms with Gasteiger partial charge in [0.25, 0.3) is 27.8 Å². The van der Waals surface area contributed by atoms with Crippen LogP contribution >= 0.6 is 0 Å². The largest absolute Gasteiger partial charge is 0.390 e. The molecule has 10 aromatic heterocycles. The number of aliphatic hydroxyl groups excluding tert-OH is 1. The van der Waals surface area contributed by atoms with Crippen molar-refractivity contribution in [2.75, 3.05) is 18.5 Å². The number of nitrogens with one attached hydrogen (secondary N) is 1. The smallest absolute Gasteiger partial charge is 0.274 e. The van der Waals surface area contributed by atoms with Gasteiger partial charge in [0.2, 0.25) is 41.6 Å². The first-order chi connectivity index (χ1) is 72.7. The fraction of sp³-hybridized carbons (Fsp3) is 0.107. The molecular formula is C112H74F7N21O7. The molecule has 0 radical (unpaired) electrons. The van der Waals surface area contributed by atoms with Crippen LogP contribution in [0, 0.1) is 98.3 Å². The Labute approximate surface area is 833 Å². The van der Waals surface area contributed by atoms with E-state index >= 15 is 4.39 Å². The van der Waals surface area contributed by atoms with E-state index in [0.717, 1.165) is 58.1 Å². The SMILES string of the molecule is N#Cc1ccc(Cn2nc(-c3ccc(C4CC4)nc3F)c3ccccc3c2=O)cc1.N#Cc1ccc(Cn2nc(-c3ccc(CO)nc3F)c3ccccc3c2=O)cc1.N#Cc1ccc(Cn2nc(-c3ccc(NC4COC4)nc3F)c3ccccc3c2=O)cc1.[2H]C([2H])(c1ccc(C#N)cc1)n1nc(-c2ccc(F)nc2F)c2ccccc2c1=O.[2H]C(c1ccc(C#N)cc1)n1nc(-c2ccc(F)nc2F)c2ccccc2c1=O. The van der Waals surface area contributed by atoms with Gasteiger partial charge in [-0.3, -0.25) is 24.0 Å². The van der Waals surface area contributed by atoms with Gasteiger partial charge >= 0.3 is 0 Å². The van der Waals surface area contributed by atoms with E-state index in [1.807, 2.05) is 30.3 Å². The highest BCUT2D eigenvalue weighted by Crippen LogP contribution is 2.41. The predicted octanol–water partition coefficient (Wildman–Crippen LogP) is 18.0. The molecule has 1 aliphatic carbocycles. The summed E-state index contributed by atoms with van der Waals surface area (Å²) in [6, 6.07) is 90.6. The van der Waals surface area contributed by atoms with Gasteiger partial charge in [-0.15, -0.1) is 0 Å². The summed E-state index contributed by atoms with van der Waals surface area (Å²) in [6.07, 6.45) is 2.09. The van der Waals surface area contributed by atoms with Crippen LogP contribution in [0.2, 0.25) is 0 Å². The Morgan fingerprint density at radius 2 is 0.605 bits per heavy atom. The number of pyridine rings is 5.